The Morgan fingerprint density at radius 3 is 2.93 bits per heavy atom. The number of nitrogens with one attached hydrogen (secondary N) is 1. The van der Waals surface area contributed by atoms with Gasteiger partial charge in [-0.05, 0) is 12.1 Å². The number of ether oxygens (including phenoxy) is 1. The molecule has 1 N–H and O–H groups in total. The minimum Gasteiger partial charge on any atom is -0.491 e. The van der Waals surface area contributed by atoms with Gasteiger partial charge in [0, 0.05) is 5.02 Å². The lowest BCUT2D eigenvalue weighted by Crippen LogP contribution is -2.24. The molecule has 1 heterocycles. The van der Waals surface area contributed by atoms with Crippen LogP contribution in [-0.4, -0.2) is 19.1 Å². The van der Waals surface area contributed by atoms with Crippen molar-refractivity contribution in [3.8, 4) is 5.75 Å². The Morgan fingerprint density at radius 2 is 2.14 bits per heavy atom. The van der Waals surface area contributed by atoms with Crippen molar-refractivity contribution < 1.29 is 9.53 Å². The highest BCUT2D eigenvalue weighted by molar-refractivity contribution is 6.37. The van der Waals surface area contributed by atoms with Crippen LogP contribution < -0.4 is 10.1 Å². The molecule has 0 bridgehead atoms. The van der Waals surface area contributed by atoms with E-state index in [1.54, 1.807) is 6.07 Å². The summed E-state index contributed by atoms with van der Waals surface area (Å²) >= 11 is 11.7. The maximum atomic E-state index is 11.5. The molecule has 1 aliphatic rings. The fourth-order valence-corrected chi connectivity index (χ4v) is 1.86. The van der Waals surface area contributed by atoms with Gasteiger partial charge in [-0.1, -0.05) is 23.2 Å². The van der Waals surface area contributed by atoms with Crippen LogP contribution in [0.2, 0.25) is 10.0 Å². The zero-order chi connectivity index (χ0) is 10.1. The average Bonchev–Trinajstić information content (AvgIpc) is 2.27. The molecule has 5 heteroatoms. The molecule has 3 nitrogen and oxygen atoms in total. The zero-order valence-corrected chi connectivity index (χ0v) is 8.65. The van der Waals surface area contributed by atoms with Gasteiger partial charge >= 0.3 is 0 Å². The van der Waals surface area contributed by atoms with Gasteiger partial charge in [0.15, 0.2) is 0 Å². The van der Waals surface area contributed by atoms with Crippen molar-refractivity contribution >= 4 is 29.1 Å². The van der Waals surface area contributed by atoms with Crippen LogP contribution in [-0.2, 0) is 0 Å². The normalized spacial score (nSPS) is 15.1. The number of hydrogen-bond donors (Lipinski definition) is 1. The van der Waals surface area contributed by atoms with Gasteiger partial charge in [0.25, 0.3) is 5.91 Å². The molecule has 1 amide bonds. The van der Waals surface area contributed by atoms with Gasteiger partial charge < -0.3 is 10.1 Å². The maximum Gasteiger partial charge on any atom is 0.256 e. The Labute approximate surface area is 91.0 Å². The van der Waals surface area contributed by atoms with Crippen molar-refractivity contribution in [2.45, 2.75) is 0 Å². The molecule has 0 radical (unpaired) electrons. The van der Waals surface area contributed by atoms with Crippen LogP contribution in [0.5, 0.6) is 5.75 Å². The van der Waals surface area contributed by atoms with Crippen molar-refractivity contribution in [2.24, 2.45) is 0 Å². The van der Waals surface area contributed by atoms with Crippen molar-refractivity contribution in [2.75, 3.05) is 13.2 Å². The Kier molecular flexibility index (Phi) is 2.52. The number of amides is 1. The minimum atomic E-state index is -0.223. The number of carbonyl (C=O) groups excluding carboxylic acids is 1. The smallest absolute Gasteiger partial charge is 0.256 e. The van der Waals surface area contributed by atoms with E-state index in [4.69, 9.17) is 27.9 Å². The minimum absolute atomic E-state index is 0.223. The fourth-order valence-electron chi connectivity index (χ4n) is 1.30. The van der Waals surface area contributed by atoms with E-state index in [0.29, 0.717) is 34.5 Å². The van der Waals surface area contributed by atoms with Crippen LogP contribution in [0.1, 0.15) is 10.4 Å². The highest BCUT2D eigenvalue weighted by atomic mass is 35.5. The summed E-state index contributed by atoms with van der Waals surface area (Å²) in [7, 11) is 0. The first kappa shape index (κ1) is 9.62. The molecule has 1 aliphatic heterocycles. The van der Waals surface area contributed by atoms with Gasteiger partial charge in [0.2, 0.25) is 0 Å². The summed E-state index contributed by atoms with van der Waals surface area (Å²) in [4.78, 5) is 11.5. The first-order valence-corrected chi connectivity index (χ1v) is 4.84. The van der Waals surface area contributed by atoms with Crippen LogP contribution in [0.15, 0.2) is 12.1 Å². The number of hydrogen-bond acceptors (Lipinski definition) is 2. The predicted molar refractivity (Wildman–Crippen MR) is 54.3 cm³/mol. The third-order valence-electron chi connectivity index (χ3n) is 1.89. The van der Waals surface area contributed by atoms with Crippen molar-refractivity contribution in [3.05, 3.63) is 27.7 Å². The quantitative estimate of drug-likeness (QED) is 0.743. The molecule has 0 aliphatic carbocycles. The van der Waals surface area contributed by atoms with Gasteiger partial charge in [-0.25, -0.2) is 0 Å². The van der Waals surface area contributed by atoms with Gasteiger partial charge in [-0.15, -0.1) is 0 Å². The third kappa shape index (κ3) is 1.65. The first-order valence-electron chi connectivity index (χ1n) is 4.08. The zero-order valence-electron chi connectivity index (χ0n) is 7.14. The highest BCUT2D eigenvalue weighted by Gasteiger charge is 2.20. The number of carbonyl (C=O) groups is 1. The lowest BCUT2D eigenvalue weighted by molar-refractivity contribution is 0.0957. The van der Waals surface area contributed by atoms with Crippen molar-refractivity contribution in [1.29, 1.82) is 0 Å². The largest absolute Gasteiger partial charge is 0.491 e. The molecule has 0 saturated carbocycles. The summed E-state index contributed by atoms with van der Waals surface area (Å²) < 4.78 is 5.33. The van der Waals surface area contributed by atoms with E-state index in [-0.39, 0.29) is 5.91 Å². The monoisotopic (exact) mass is 231 g/mol. The summed E-state index contributed by atoms with van der Waals surface area (Å²) in [6, 6.07) is 3.11. The van der Waals surface area contributed by atoms with E-state index in [1.165, 1.54) is 6.07 Å². The molecule has 0 spiro atoms. The SMILES string of the molecule is O=C1NCCOc2cc(Cl)cc(Cl)c21. The second-order valence-electron chi connectivity index (χ2n) is 2.87. The van der Waals surface area contributed by atoms with Crippen LogP contribution in [0.25, 0.3) is 0 Å². The van der Waals surface area contributed by atoms with E-state index in [9.17, 15) is 4.79 Å². The number of rotatable bonds is 0. The fraction of sp³-hybridized carbons (Fsp3) is 0.222. The molecule has 0 unspecified atom stereocenters. The number of halogens is 2. The molecule has 0 saturated heterocycles. The molecule has 1 aromatic rings. The molecule has 14 heavy (non-hydrogen) atoms. The van der Waals surface area contributed by atoms with Crippen LogP contribution >= 0.6 is 23.2 Å². The summed E-state index contributed by atoms with van der Waals surface area (Å²) in [5.74, 6) is 0.219. The van der Waals surface area contributed by atoms with Gasteiger partial charge in [0.05, 0.1) is 11.6 Å². The van der Waals surface area contributed by atoms with E-state index in [1.807, 2.05) is 0 Å². The summed E-state index contributed by atoms with van der Waals surface area (Å²) in [6.45, 7) is 0.900. The lowest BCUT2D eigenvalue weighted by atomic mass is 10.2. The summed E-state index contributed by atoms with van der Waals surface area (Å²) in [5, 5.41) is 3.44. The summed E-state index contributed by atoms with van der Waals surface area (Å²) in [6.07, 6.45) is 0. The van der Waals surface area contributed by atoms with Crippen LogP contribution in [0.4, 0.5) is 0 Å². The molecule has 74 valence electrons. The van der Waals surface area contributed by atoms with E-state index >= 15 is 0 Å². The Morgan fingerprint density at radius 1 is 1.36 bits per heavy atom. The van der Waals surface area contributed by atoms with E-state index in [0.717, 1.165) is 0 Å². The topological polar surface area (TPSA) is 38.3 Å². The van der Waals surface area contributed by atoms with E-state index < -0.39 is 0 Å². The molecule has 0 fully saturated rings. The average molecular weight is 232 g/mol. The molecule has 0 atom stereocenters. The molecule has 2 rings (SSSR count). The van der Waals surface area contributed by atoms with E-state index in [2.05, 4.69) is 5.32 Å². The number of fused-ring (bicyclic) bond motifs is 1. The third-order valence-corrected chi connectivity index (χ3v) is 2.41. The summed E-state index contributed by atoms with van der Waals surface area (Å²) in [5.41, 5.74) is 0.355. The highest BCUT2D eigenvalue weighted by Crippen LogP contribution is 2.31. The first-order chi connectivity index (χ1) is 6.68. The number of benzene rings is 1. The molecular weight excluding hydrogens is 225 g/mol. The predicted octanol–water partition coefficient (Wildman–Crippen LogP) is 2.12. The maximum absolute atomic E-state index is 11.5. The van der Waals surface area contributed by atoms with Crippen LogP contribution in [0, 0.1) is 0 Å². The second-order valence-corrected chi connectivity index (χ2v) is 3.71. The Hall–Kier alpha value is -0.930. The standard InChI is InChI=1S/C9H7Cl2NO2/c10-5-3-6(11)8-7(4-5)14-2-1-12-9(8)13/h3-4H,1-2H2,(H,12,13). The van der Waals surface area contributed by atoms with Gasteiger partial charge in [-0.2, -0.15) is 0 Å². The molecule has 1 aromatic carbocycles. The Balaban J connectivity index is 2.58. The molecular formula is C9H7Cl2NO2. The van der Waals surface area contributed by atoms with Crippen molar-refractivity contribution in [1.82, 2.24) is 5.32 Å². The van der Waals surface area contributed by atoms with Crippen molar-refractivity contribution in [3.63, 3.8) is 0 Å². The second kappa shape index (κ2) is 3.67. The Bertz CT molecular complexity index is 393. The van der Waals surface area contributed by atoms with Gasteiger partial charge in [0.1, 0.15) is 17.9 Å². The lowest BCUT2D eigenvalue weighted by Gasteiger charge is -2.07. The van der Waals surface area contributed by atoms with Crippen LogP contribution in [0.3, 0.4) is 0 Å². The van der Waals surface area contributed by atoms with Gasteiger partial charge in [-0.3, -0.25) is 4.79 Å². The molecule has 0 aromatic heterocycles.